The van der Waals surface area contributed by atoms with Gasteiger partial charge in [0.2, 0.25) is 0 Å². The number of carboxylic acids is 1. The molecule has 0 saturated carbocycles. The van der Waals surface area contributed by atoms with Crippen LogP contribution in [0.5, 0.6) is 11.5 Å². The van der Waals surface area contributed by atoms with E-state index in [1.165, 1.54) is 0 Å². The summed E-state index contributed by atoms with van der Waals surface area (Å²) in [5.41, 5.74) is 1.25. The van der Waals surface area contributed by atoms with Gasteiger partial charge in [-0.15, -0.1) is 0 Å². The molecule has 2 aromatic carbocycles. The Balaban J connectivity index is 2.13. The van der Waals surface area contributed by atoms with Crippen molar-refractivity contribution in [1.82, 2.24) is 0 Å². The maximum absolute atomic E-state index is 10.6. The number of benzene rings is 2. The van der Waals surface area contributed by atoms with E-state index in [2.05, 4.69) is 0 Å². The molecule has 4 heteroatoms. The standard InChI is InChI=1S/C15H12O4/c16-10-11-4-6-13(7-5-11)19-14-3-1-2-12(8-14)9-15(17)18/h1-8,10H,9H2,(H,17,18). The zero-order valence-electron chi connectivity index (χ0n) is 10.1. The van der Waals surface area contributed by atoms with E-state index in [0.29, 0.717) is 22.6 Å². The van der Waals surface area contributed by atoms with Crippen molar-refractivity contribution in [3.63, 3.8) is 0 Å². The highest BCUT2D eigenvalue weighted by Gasteiger charge is 2.03. The number of rotatable bonds is 5. The Bertz CT molecular complexity index is 587. The van der Waals surface area contributed by atoms with Crippen LogP contribution >= 0.6 is 0 Å². The molecule has 0 aromatic heterocycles. The van der Waals surface area contributed by atoms with Crippen LogP contribution in [0.2, 0.25) is 0 Å². The second-order valence-corrected chi connectivity index (χ2v) is 4.01. The largest absolute Gasteiger partial charge is 0.481 e. The summed E-state index contributed by atoms with van der Waals surface area (Å²) in [4.78, 5) is 21.2. The van der Waals surface area contributed by atoms with Gasteiger partial charge in [0.05, 0.1) is 6.42 Å². The molecule has 0 bridgehead atoms. The van der Waals surface area contributed by atoms with E-state index in [9.17, 15) is 9.59 Å². The number of carboxylic acid groups (broad SMARTS) is 1. The van der Waals surface area contributed by atoms with Gasteiger partial charge in [0.15, 0.2) is 0 Å². The van der Waals surface area contributed by atoms with Gasteiger partial charge >= 0.3 is 5.97 Å². The molecule has 0 saturated heterocycles. The molecule has 2 rings (SSSR count). The van der Waals surface area contributed by atoms with Crippen LogP contribution in [0.15, 0.2) is 48.5 Å². The molecule has 0 aliphatic carbocycles. The predicted molar refractivity (Wildman–Crippen MR) is 69.7 cm³/mol. The van der Waals surface area contributed by atoms with Crippen molar-refractivity contribution in [2.45, 2.75) is 6.42 Å². The summed E-state index contributed by atoms with van der Waals surface area (Å²) in [6.45, 7) is 0. The third-order valence-corrected chi connectivity index (χ3v) is 2.51. The third-order valence-electron chi connectivity index (χ3n) is 2.51. The first-order valence-electron chi connectivity index (χ1n) is 5.71. The molecule has 0 amide bonds. The summed E-state index contributed by atoms with van der Waals surface area (Å²) in [7, 11) is 0. The van der Waals surface area contributed by atoms with Gasteiger partial charge in [-0.3, -0.25) is 9.59 Å². The number of hydrogen-bond donors (Lipinski definition) is 1. The Hall–Kier alpha value is -2.62. The summed E-state index contributed by atoms with van der Waals surface area (Å²) in [5, 5.41) is 8.73. The van der Waals surface area contributed by atoms with Gasteiger partial charge in [-0.1, -0.05) is 12.1 Å². The Morgan fingerprint density at radius 2 is 1.84 bits per heavy atom. The molecular weight excluding hydrogens is 244 g/mol. The molecule has 96 valence electrons. The minimum atomic E-state index is -0.882. The second kappa shape index (κ2) is 5.82. The molecule has 0 fully saturated rings. The number of ether oxygens (including phenoxy) is 1. The van der Waals surface area contributed by atoms with E-state index >= 15 is 0 Å². The average Bonchev–Trinajstić information content (AvgIpc) is 2.39. The van der Waals surface area contributed by atoms with E-state index < -0.39 is 5.97 Å². The van der Waals surface area contributed by atoms with Crippen LogP contribution in [0.4, 0.5) is 0 Å². The molecule has 0 radical (unpaired) electrons. The van der Waals surface area contributed by atoms with Crippen molar-refractivity contribution in [2.75, 3.05) is 0 Å². The van der Waals surface area contributed by atoms with Crippen molar-refractivity contribution in [2.24, 2.45) is 0 Å². The molecule has 0 aliphatic heterocycles. The van der Waals surface area contributed by atoms with Gasteiger partial charge in [0.1, 0.15) is 17.8 Å². The molecule has 0 atom stereocenters. The molecule has 0 heterocycles. The highest BCUT2D eigenvalue weighted by Crippen LogP contribution is 2.22. The van der Waals surface area contributed by atoms with Gasteiger partial charge in [-0.25, -0.2) is 0 Å². The lowest BCUT2D eigenvalue weighted by Gasteiger charge is -2.07. The highest BCUT2D eigenvalue weighted by atomic mass is 16.5. The van der Waals surface area contributed by atoms with Crippen molar-refractivity contribution in [3.05, 3.63) is 59.7 Å². The van der Waals surface area contributed by atoms with Crippen molar-refractivity contribution in [3.8, 4) is 11.5 Å². The smallest absolute Gasteiger partial charge is 0.307 e. The van der Waals surface area contributed by atoms with Gasteiger partial charge in [0.25, 0.3) is 0 Å². The van der Waals surface area contributed by atoms with Gasteiger partial charge in [-0.2, -0.15) is 0 Å². The number of aldehydes is 1. The molecule has 2 aromatic rings. The van der Waals surface area contributed by atoms with Gasteiger partial charge in [0, 0.05) is 5.56 Å². The highest BCUT2D eigenvalue weighted by molar-refractivity contribution is 5.74. The molecule has 0 unspecified atom stereocenters. The van der Waals surface area contributed by atoms with Crippen LogP contribution in [-0.4, -0.2) is 17.4 Å². The van der Waals surface area contributed by atoms with Crippen LogP contribution in [0.3, 0.4) is 0 Å². The van der Waals surface area contributed by atoms with Crippen LogP contribution in [0.25, 0.3) is 0 Å². The number of carbonyl (C=O) groups excluding carboxylic acids is 1. The predicted octanol–water partition coefficient (Wildman–Crippen LogP) is 2.92. The first-order valence-corrected chi connectivity index (χ1v) is 5.71. The first-order chi connectivity index (χ1) is 9.17. The summed E-state index contributed by atoms with van der Waals surface area (Å²) >= 11 is 0. The van der Waals surface area contributed by atoms with Crippen molar-refractivity contribution < 1.29 is 19.4 Å². The van der Waals surface area contributed by atoms with E-state index in [1.54, 1.807) is 48.5 Å². The minimum absolute atomic E-state index is 0.0404. The second-order valence-electron chi connectivity index (χ2n) is 4.01. The third kappa shape index (κ3) is 3.67. The monoisotopic (exact) mass is 256 g/mol. The quantitative estimate of drug-likeness (QED) is 0.835. The molecule has 19 heavy (non-hydrogen) atoms. The molecule has 0 aliphatic rings. The number of hydrogen-bond acceptors (Lipinski definition) is 3. The van der Waals surface area contributed by atoms with E-state index in [4.69, 9.17) is 9.84 Å². The van der Waals surface area contributed by atoms with E-state index in [0.717, 1.165) is 6.29 Å². The minimum Gasteiger partial charge on any atom is -0.481 e. The molecule has 1 N–H and O–H groups in total. The summed E-state index contributed by atoms with van der Waals surface area (Å²) in [6, 6.07) is 13.6. The summed E-state index contributed by atoms with van der Waals surface area (Å²) < 4.78 is 5.59. The Morgan fingerprint density at radius 3 is 2.47 bits per heavy atom. The van der Waals surface area contributed by atoms with Gasteiger partial charge < -0.3 is 9.84 Å². The lowest BCUT2D eigenvalue weighted by molar-refractivity contribution is -0.136. The van der Waals surface area contributed by atoms with Crippen LogP contribution < -0.4 is 4.74 Å². The topological polar surface area (TPSA) is 63.6 Å². The van der Waals surface area contributed by atoms with E-state index in [1.807, 2.05) is 0 Å². The normalized spacial score (nSPS) is 9.89. The Kier molecular flexibility index (Phi) is 3.93. The lowest BCUT2D eigenvalue weighted by Crippen LogP contribution is -1.99. The van der Waals surface area contributed by atoms with Crippen molar-refractivity contribution in [1.29, 1.82) is 0 Å². The molecule has 0 spiro atoms. The van der Waals surface area contributed by atoms with Gasteiger partial charge in [-0.05, 0) is 42.0 Å². The number of aliphatic carboxylic acids is 1. The van der Waals surface area contributed by atoms with E-state index in [-0.39, 0.29) is 6.42 Å². The number of carbonyl (C=O) groups is 2. The summed E-state index contributed by atoms with van der Waals surface area (Å²) in [5.74, 6) is 0.281. The first kappa shape index (κ1) is 12.8. The Labute approximate surface area is 110 Å². The van der Waals surface area contributed by atoms with Crippen LogP contribution in [-0.2, 0) is 11.2 Å². The molecular formula is C15H12O4. The maximum Gasteiger partial charge on any atom is 0.307 e. The summed E-state index contributed by atoms with van der Waals surface area (Å²) in [6.07, 6.45) is 0.721. The fourth-order valence-electron chi connectivity index (χ4n) is 1.64. The van der Waals surface area contributed by atoms with Crippen LogP contribution in [0.1, 0.15) is 15.9 Å². The van der Waals surface area contributed by atoms with Crippen molar-refractivity contribution >= 4 is 12.3 Å². The fraction of sp³-hybridized carbons (Fsp3) is 0.0667. The van der Waals surface area contributed by atoms with Crippen LogP contribution in [0, 0.1) is 0 Å². The Morgan fingerprint density at radius 1 is 1.11 bits per heavy atom. The lowest BCUT2D eigenvalue weighted by atomic mass is 10.1. The molecule has 4 nitrogen and oxygen atoms in total. The zero-order valence-corrected chi connectivity index (χ0v) is 10.1. The zero-order chi connectivity index (χ0) is 13.7. The maximum atomic E-state index is 10.6. The SMILES string of the molecule is O=Cc1ccc(Oc2cccc(CC(=O)O)c2)cc1. The fourth-order valence-corrected chi connectivity index (χ4v) is 1.64. The average molecular weight is 256 g/mol.